The van der Waals surface area contributed by atoms with Crippen molar-refractivity contribution in [1.82, 2.24) is 5.32 Å². The zero-order chi connectivity index (χ0) is 12.5. The van der Waals surface area contributed by atoms with Crippen LogP contribution in [-0.4, -0.2) is 19.7 Å². The summed E-state index contributed by atoms with van der Waals surface area (Å²) in [5.41, 5.74) is 1.17. The van der Waals surface area contributed by atoms with Crippen LogP contribution in [0, 0.1) is 12.3 Å². The third-order valence-electron chi connectivity index (χ3n) is 2.74. The minimum Gasteiger partial charge on any atom is -0.375 e. The van der Waals surface area contributed by atoms with Gasteiger partial charge >= 0.3 is 0 Å². The first-order valence-electron chi connectivity index (χ1n) is 6.08. The maximum atomic E-state index is 5.59. The number of terminal acetylenes is 1. The molecule has 0 bridgehead atoms. The van der Waals surface area contributed by atoms with Crippen LogP contribution >= 0.6 is 0 Å². The van der Waals surface area contributed by atoms with E-state index in [4.69, 9.17) is 11.2 Å². The van der Waals surface area contributed by atoms with Gasteiger partial charge in [0.25, 0.3) is 0 Å². The molecule has 0 aliphatic carbocycles. The first-order chi connectivity index (χ1) is 8.33. The third-order valence-corrected chi connectivity index (χ3v) is 2.74. The normalized spacial score (nSPS) is 13.9. The van der Waals surface area contributed by atoms with Crippen LogP contribution in [0.15, 0.2) is 30.3 Å². The Morgan fingerprint density at radius 3 is 2.59 bits per heavy atom. The first-order valence-corrected chi connectivity index (χ1v) is 6.08. The van der Waals surface area contributed by atoms with E-state index in [0.29, 0.717) is 6.42 Å². The monoisotopic (exact) mass is 231 g/mol. The molecular formula is C15H21NO. The highest BCUT2D eigenvalue weighted by atomic mass is 16.5. The van der Waals surface area contributed by atoms with E-state index in [2.05, 4.69) is 30.3 Å². The van der Waals surface area contributed by atoms with Crippen molar-refractivity contribution >= 4 is 0 Å². The van der Waals surface area contributed by atoms with Gasteiger partial charge in [-0.05, 0) is 18.5 Å². The molecule has 0 aliphatic rings. The molecule has 2 heteroatoms. The van der Waals surface area contributed by atoms with Crippen molar-refractivity contribution in [2.75, 3.05) is 13.7 Å². The zero-order valence-electron chi connectivity index (χ0n) is 10.6. The fourth-order valence-corrected chi connectivity index (χ4v) is 1.92. The van der Waals surface area contributed by atoms with Gasteiger partial charge in [0.05, 0.1) is 6.10 Å². The zero-order valence-corrected chi connectivity index (χ0v) is 10.6. The van der Waals surface area contributed by atoms with Crippen LogP contribution in [-0.2, 0) is 4.74 Å². The molecule has 0 aromatic heterocycles. The van der Waals surface area contributed by atoms with Gasteiger partial charge in [0, 0.05) is 19.6 Å². The van der Waals surface area contributed by atoms with E-state index < -0.39 is 0 Å². The summed E-state index contributed by atoms with van der Waals surface area (Å²) in [5.74, 6) is 2.72. The summed E-state index contributed by atoms with van der Waals surface area (Å²) in [4.78, 5) is 0. The molecule has 0 spiro atoms. The number of hydrogen-bond acceptors (Lipinski definition) is 2. The SMILES string of the molecule is C#CCC(NCCC)C(OC)c1ccccc1. The maximum Gasteiger partial charge on any atom is 0.0983 e. The number of nitrogens with one attached hydrogen (secondary N) is 1. The molecule has 1 rings (SSSR count). The Bertz CT molecular complexity index is 342. The van der Waals surface area contributed by atoms with E-state index in [1.54, 1.807) is 7.11 Å². The Morgan fingerprint density at radius 2 is 2.06 bits per heavy atom. The second-order valence-electron chi connectivity index (χ2n) is 4.04. The quantitative estimate of drug-likeness (QED) is 0.729. The smallest absolute Gasteiger partial charge is 0.0983 e. The van der Waals surface area contributed by atoms with Crippen LogP contribution in [0.5, 0.6) is 0 Å². The highest BCUT2D eigenvalue weighted by Gasteiger charge is 2.21. The van der Waals surface area contributed by atoms with E-state index in [1.165, 1.54) is 5.56 Å². The third kappa shape index (κ3) is 4.22. The van der Waals surface area contributed by atoms with Gasteiger partial charge in [0.15, 0.2) is 0 Å². The molecule has 0 fully saturated rings. The maximum absolute atomic E-state index is 5.59. The van der Waals surface area contributed by atoms with E-state index in [1.807, 2.05) is 18.2 Å². The number of benzene rings is 1. The number of ether oxygens (including phenoxy) is 1. The van der Waals surface area contributed by atoms with E-state index >= 15 is 0 Å². The Balaban J connectivity index is 2.78. The van der Waals surface area contributed by atoms with Crippen LogP contribution < -0.4 is 5.32 Å². The van der Waals surface area contributed by atoms with E-state index in [9.17, 15) is 0 Å². The largest absolute Gasteiger partial charge is 0.375 e. The predicted octanol–water partition coefficient (Wildman–Crippen LogP) is 2.77. The molecule has 2 unspecified atom stereocenters. The van der Waals surface area contributed by atoms with Crippen molar-refractivity contribution < 1.29 is 4.74 Å². The lowest BCUT2D eigenvalue weighted by Gasteiger charge is -2.26. The number of rotatable bonds is 7. The topological polar surface area (TPSA) is 21.3 Å². The molecule has 0 saturated heterocycles. The summed E-state index contributed by atoms with van der Waals surface area (Å²) in [6.45, 7) is 3.10. The van der Waals surface area contributed by atoms with Crippen molar-refractivity contribution in [2.45, 2.75) is 31.9 Å². The summed E-state index contributed by atoms with van der Waals surface area (Å²) in [5, 5.41) is 3.45. The predicted molar refractivity (Wildman–Crippen MR) is 71.7 cm³/mol. The summed E-state index contributed by atoms with van der Waals surface area (Å²) >= 11 is 0. The second kappa shape index (κ2) is 7.89. The summed E-state index contributed by atoms with van der Waals surface area (Å²) < 4.78 is 5.59. The minimum absolute atomic E-state index is 0.0128. The standard InChI is InChI=1S/C15H21NO/c1-4-9-14(16-12-5-2)15(17-3)13-10-7-6-8-11-13/h1,6-8,10-11,14-16H,5,9,12H2,2-3H3. The lowest BCUT2D eigenvalue weighted by Crippen LogP contribution is -2.36. The average molecular weight is 231 g/mol. The molecule has 92 valence electrons. The van der Waals surface area contributed by atoms with Crippen LogP contribution in [0.1, 0.15) is 31.4 Å². The summed E-state index contributed by atoms with van der Waals surface area (Å²) in [6, 6.07) is 10.4. The van der Waals surface area contributed by atoms with Crippen molar-refractivity contribution in [1.29, 1.82) is 0 Å². The molecule has 1 aromatic carbocycles. The number of methoxy groups -OCH3 is 1. The van der Waals surface area contributed by atoms with Gasteiger partial charge in [-0.1, -0.05) is 37.3 Å². The molecule has 2 atom stereocenters. The minimum atomic E-state index is 0.0128. The molecule has 1 aromatic rings. The first kappa shape index (κ1) is 13.8. The van der Waals surface area contributed by atoms with Gasteiger partial charge in [-0.15, -0.1) is 12.3 Å². The molecule has 0 aliphatic heterocycles. The van der Waals surface area contributed by atoms with Gasteiger partial charge in [-0.25, -0.2) is 0 Å². The Kier molecular flexibility index (Phi) is 6.39. The highest BCUT2D eigenvalue weighted by molar-refractivity contribution is 5.20. The molecule has 1 N–H and O–H groups in total. The summed E-state index contributed by atoms with van der Waals surface area (Å²) in [7, 11) is 1.73. The van der Waals surface area contributed by atoms with Crippen molar-refractivity contribution in [3.63, 3.8) is 0 Å². The van der Waals surface area contributed by atoms with Gasteiger partial charge < -0.3 is 10.1 Å². The van der Waals surface area contributed by atoms with Gasteiger partial charge in [-0.2, -0.15) is 0 Å². The highest BCUT2D eigenvalue weighted by Crippen LogP contribution is 2.22. The molecule has 0 radical (unpaired) electrons. The van der Waals surface area contributed by atoms with E-state index in [0.717, 1.165) is 13.0 Å². The Hall–Kier alpha value is -1.30. The van der Waals surface area contributed by atoms with Gasteiger partial charge in [0.1, 0.15) is 0 Å². The number of hydrogen-bond donors (Lipinski definition) is 1. The fourth-order valence-electron chi connectivity index (χ4n) is 1.92. The molecular weight excluding hydrogens is 210 g/mol. The van der Waals surface area contributed by atoms with Gasteiger partial charge in [0.2, 0.25) is 0 Å². The molecule has 0 amide bonds. The molecule has 17 heavy (non-hydrogen) atoms. The summed E-state index contributed by atoms with van der Waals surface area (Å²) in [6.07, 6.45) is 7.20. The molecule has 2 nitrogen and oxygen atoms in total. The Morgan fingerprint density at radius 1 is 1.35 bits per heavy atom. The van der Waals surface area contributed by atoms with Crippen LogP contribution in [0.3, 0.4) is 0 Å². The molecule has 0 saturated carbocycles. The van der Waals surface area contributed by atoms with Crippen molar-refractivity contribution in [3.05, 3.63) is 35.9 Å². The van der Waals surface area contributed by atoms with Crippen LogP contribution in [0.4, 0.5) is 0 Å². The van der Waals surface area contributed by atoms with Crippen LogP contribution in [0.25, 0.3) is 0 Å². The second-order valence-corrected chi connectivity index (χ2v) is 4.04. The van der Waals surface area contributed by atoms with Gasteiger partial charge in [-0.3, -0.25) is 0 Å². The molecule has 0 heterocycles. The lowest BCUT2D eigenvalue weighted by molar-refractivity contribution is 0.0694. The van der Waals surface area contributed by atoms with Crippen molar-refractivity contribution in [3.8, 4) is 12.3 Å². The average Bonchev–Trinajstić information content (AvgIpc) is 2.38. The van der Waals surface area contributed by atoms with Crippen molar-refractivity contribution in [2.24, 2.45) is 0 Å². The Labute approximate surface area is 104 Å². The van der Waals surface area contributed by atoms with Crippen LogP contribution in [0.2, 0.25) is 0 Å². The fraction of sp³-hybridized carbons (Fsp3) is 0.467. The van der Waals surface area contributed by atoms with E-state index in [-0.39, 0.29) is 12.1 Å². The lowest BCUT2D eigenvalue weighted by atomic mass is 9.99.